The largest absolute Gasteiger partial charge is 0.367 e. The minimum Gasteiger partial charge on any atom is -0.367 e. The van der Waals surface area contributed by atoms with Crippen molar-refractivity contribution in [2.24, 2.45) is 5.73 Å². The summed E-state index contributed by atoms with van der Waals surface area (Å²) in [6.45, 7) is 0.908. The van der Waals surface area contributed by atoms with Crippen LogP contribution in [0.2, 0.25) is 0 Å². The lowest BCUT2D eigenvalue weighted by Crippen LogP contribution is -2.53. The van der Waals surface area contributed by atoms with E-state index in [1.54, 1.807) is 17.0 Å². The van der Waals surface area contributed by atoms with Gasteiger partial charge in [-0.05, 0) is 24.1 Å². The van der Waals surface area contributed by atoms with E-state index in [0.717, 1.165) is 12.0 Å². The maximum absolute atomic E-state index is 12.9. The molecule has 0 radical (unpaired) electrons. The molecule has 0 unspecified atom stereocenters. The molecule has 3 N–H and O–H groups in total. The van der Waals surface area contributed by atoms with Crippen molar-refractivity contribution in [3.05, 3.63) is 35.6 Å². The van der Waals surface area contributed by atoms with Crippen LogP contribution in [-0.4, -0.2) is 48.7 Å². The van der Waals surface area contributed by atoms with E-state index in [-0.39, 0.29) is 30.4 Å². The number of hydrogen-bond donors (Lipinski definition) is 2. The van der Waals surface area contributed by atoms with Gasteiger partial charge in [0.25, 0.3) is 0 Å². The summed E-state index contributed by atoms with van der Waals surface area (Å²) in [6.07, 6.45) is 0.0904. The number of carbonyl (C=O) groups excluding carboxylic acids is 2. The first kappa shape index (κ1) is 14.8. The number of nitrogens with one attached hydrogen (secondary N) is 1. The smallest absolute Gasteiger partial charge is 0.317 e. The number of halogens is 1. The van der Waals surface area contributed by atoms with Crippen LogP contribution in [0.3, 0.4) is 0 Å². The molecule has 1 saturated heterocycles. The number of carbonyl (C=O) groups is 2. The predicted molar refractivity (Wildman–Crippen MR) is 76.6 cm³/mol. The monoisotopic (exact) mass is 307 g/mol. The first-order valence-corrected chi connectivity index (χ1v) is 7.26. The van der Waals surface area contributed by atoms with Gasteiger partial charge in [0.2, 0.25) is 5.91 Å². The van der Waals surface area contributed by atoms with Crippen LogP contribution in [-0.2, 0) is 9.53 Å². The molecule has 0 spiro atoms. The number of primary amides is 1. The molecule has 1 heterocycles. The molecule has 1 aliphatic heterocycles. The van der Waals surface area contributed by atoms with Gasteiger partial charge in [0.05, 0.1) is 13.2 Å². The Kier molecular flexibility index (Phi) is 3.98. The van der Waals surface area contributed by atoms with Crippen LogP contribution in [0.15, 0.2) is 24.3 Å². The van der Waals surface area contributed by atoms with Crippen molar-refractivity contribution in [1.82, 2.24) is 10.2 Å². The number of rotatable bonds is 3. The van der Waals surface area contributed by atoms with E-state index in [9.17, 15) is 14.0 Å². The zero-order valence-corrected chi connectivity index (χ0v) is 12.0. The van der Waals surface area contributed by atoms with Crippen molar-refractivity contribution in [3.8, 4) is 0 Å². The summed E-state index contributed by atoms with van der Waals surface area (Å²) in [4.78, 5) is 24.9. The van der Waals surface area contributed by atoms with Crippen molar-refractivity contribution in [2.75, 3.05) is 19.7 Å². The van der Waals surface area contributed by atoms with Crippen LogP contribution < -0.4 is 11.1 Å². The number of amides is 3. The van der Waals surface area contributed by atoms with E-state index in [4.69, 9.17) is 10.5 Å². The maximum atomic E-state index is 12.9. The number of benzene rings is 1. The quantitative estimate of drug-likeness (QED) is 0.856. The van der Waals surface area contributed by atoms with E-state index in [1.807, 2.05) is 0 Å². The Morgan fingerprint density at radius 3 is 2.73 bits per heavy atom. The Hall–Kier alpha value is -2.15. The molecule has 1 aliphatic carbocycles. The summed E-state index contributed by atoms with van der Waals surface area (Å²) in [6, 6.07) is 6.16. The Morgan fingerprint density at radius 2 is 2.05 bits per heavy atom. The van der Waals surface area contributed by atoms with E-state index < -0.39 is 12.0 Å². The number of nitrogens with two attached hydrogens (primary N) is 1. The molecule has 0 aromatic heterocycles. The molecular formula is C15H18FN3O3. The van der Waals surface area contributed by atoms with Gasteiger partial charge in [-0.25, -0.2) is 9.18 Å². The fourth-order valence-electron chi connectivity index (χ4n) is 2.69. The molecule has 22 heavy (non-hydrogen) atoms. The van der Waals surface area contributed by atoms with Crippen LogP contribution >= 0.6 is 0 Å². The van der Waals surface area contributed by atoms with Crippen molar-refractivity contribution < 1.29 is 18.7 Å². The highest BCUT2D eigenvalue weighted by atomic mass is 19.1. The summed E-state index contributed by atoms with van der Waals surface area (Å²) >= 11 is 0. The Labute approximate surface area is 127 Å². The fourth-order valence-corrected chi connectivity index (χ4v) is 2.69. The average Bonchev–Trinajstić information content (AvgIpc) is 3.27. The highest BCUT2D eigenvalue weighted by Crippen LogP contribution is 2.40. The number of urea groups is 1. The predicted octanol–water partition coefficient (Wildman–Crippen LogP) is 0.577. The fraction of sp³-hybridized carbons (Fsp3) is 0.467. The Morgan fingerprint density at radius 1 is 1.32 bits per heavy atom. The maximum Gasteiger partial charge on any atom is 0.317 e. The molecule has 1 aromatic carbocycles. The number of morpholine rings is 1. The lowest BCUT2D eigenvalue weighted by atomic mass is 10.1. The van der Waals surface area contributed by atoms with Crippen LogP contribution in [0.4, 0.5) is 9.18 Å². The third-order valence-electron chi connectivity index (χ3n) is 4.07. The van der Waals surface area contributed by atoms with E-state index in [2.05, 4.69) is 5.32 Å². The first-order chi connectivity index (χ1) is 10.5. The third-order valence-corrected chi connectivity index (χ3v) is 4.07. The number of hydrogen-bond acceptors (Lipinski definition) is 3. The van der Waals surface area contributed by atoms with E-state index >= 15 is 0 Å². The number of nitrogens with zero attached hydrogens (tertiary/aromatic N) is 1. The van der Waals surface area contributed by atoms with E-state index in [1.165, 1.54) is 12.1 Å². The Bertz CT molecular complexity index is 578. The van der Waals surface area contributed by atoms with Crippen LogP contribution in [0.25, 0.3) is 0 Å². The summed E-state index contributed by atoms with van der Waals surface area (Å²) in [5.74, 6) is -0.610. The van der Waals surface area contributed by atoms with Gasteiger partial charge in [0.1, 0.15) is 5.82 Å². The third kappa shape index (κ3) is 3.19. The summed E-state index contributed by atoms with van der Waals surface area (Å²) < 4.78 is 18.1. The minimum atomic E-state index is -0.744. The molecule has 118 valence electrons. The van der Waals surface area contributed by atoms with Gasteiger partial charge in [0, 0.05) is 18.5 Å². The van der Waals surface area contributed by atoms with Crippen molar-refractivity contribution in [2.45, 2.75) is 24.5 Å². The van der Waals surface area contributed by atoms with Gasteiger partial charge in [0.15, 0.2) is 6.10 Å². The van der Waals surface area contributed by atoms with Crippen LogP contribution in [0.1, 0.15) is 17.9 Å². The summed E-state index contributed by atoms with van der Waals surface area (Å²) in [5, 5.41) is 2.93. The first-order valence-electron chi connectivity index (χ1n) is 7.26. The standard InChI is InChI=1S/C15H18FN3O3/c16-10-3-1-9(2-4-10)11-7-12(11)18-15(21)19-5-6-22-13(8-19)14(17)20/h1-4,11-13H,5-8H2,(H2,17,20)(H,18,21)/t11-,12-,13-/m0/s1. The minimum absolute atomic E-state index is 0.0489. The molecule has 0 bridgehead atoms. The molecular weight excluding hydrogens is 289 g/mol. The second-order valence-electron chi connectivity index (χ2n) is 5.66. The molecule has 3 rings (SSSR count). The molecule has 1 aromatic rings. The molecule has 1 saturated carbocycles. The van der Waals surface area contributed by atoms with Crippen LogP contribution in [0.5, 0.6) is 0 Å². The lowest BCUT2D eigenvalue weighted by Gasteiger charge is -2.31. The molecule has 7 heteroatoms. The molecule has 2 fully saturated rings. The average molecular weight is 307 g/mol. The topological polar surface area (TPSA) is 84.7 Å². The van der Waals surface area contributed by atoms with E-state index in [0.29, 0.717) is 13.2 Å². The Balaban J connectivity index is 1.53. The second-order valence-corrected chi connectivity index (χ2v) is 5.66. The highest BCUT2D eigenvalue weighted by Gasteiger charge is 2.40. The van der Waals surface area contributed by atoms with Crippen LogP contribution in [0, 0.1) is 5.82 Å². The van der Waals surface area contributed by atoms with Gasteiger partial charge >= 0.3 is 6.03 Å². The normalized spacial score (nSPS) is 27.3. The summed E-state index contributed by atoms with van der Waals surface area (Å²) in [7, 11) is 0. The zero-order valence-electron chi connectivity index (χ0n) is 12.0. The van der Waals surface area contributed by atoms with Gasteiger partial charge < -0.3 is 20.7 Å². The zero-order chi connectivity index (χ0) is 15.7. The molecule has 3 amide bonds. The SMILES string of the molecule is NC(=O)[C@@H]1CN(C(=O)N[C@H]2C[C@H]2c2ccc(F)cc2)CCO1. The lowest BCUT2D eigenvalue weighted by molar-refractivity contribution is -0.133. The summed E-state index contributed by atoms with van der Waals surface area (Å²) in [5.41, 5.74) is 6.22. The molecule has 2 aliphatic rings. The number of ether oxygens (including phenoxy) is 1. The molecule has 6 nitrogen and oxygen atoms in total. The van der Waals surface area contributed by atoms with Gasteiger partial charge in [-0.2, -0.15) is 0 Å². The molecule has 3 atom stereocenters. The van der Waals surface area contributed by atoms with Gasteiger partial charge in [-0.3, -0.25) is 4.79 Å². The van der Waals surface area contributed by atoms with Gasteiger partial charge in [-0.1, -0.05) is 12.1 Å². The van der Waals surface area contributed by atoms with Crippen molar-refractivity contribution in [3.63, 3.8) is 0 Å². The van der Waals surface area contributed by atoms with Crippen molar-refractivity contribution >= 4 is 11.9 Å². The van der Waals surface area contributed by atoms with Gasteiger partial charge in [-0.15, -0.1) is 0 Å². The van der Waals surface area contributed by atoms with Crippen molar-refractivity contribution in [1.29, 1.82) is 0 Å². The highest BCUT2D eigenvalue weighted by molar-refractivity contribution is 5.81. The second kappa shape index (κ2) is 5.92.